The Morgan fingerprint density at radius 1 is 1.03 bits per heavy atom. The summed E-state index contributed by atoms with van der Waals surface area (Å²) < 4.78 is 11.8. The van der Waals surface area contributed by atoms with Crippen LogP contribution in [0.4, 0.5) is 10.5 Å². The molecule has 7 nitrogen and oxygen atoms in total. The van der Waals surface area contributed by atoms with Crippen LogP contribution in [0.3, 0.4) is 0 Å². The summed E-state index contributed by atoms with van der Waals surface area (Å²) in [6.07, 6.45) is 3.62. The fourth-order valence-electron chi connectivity index (χ4n) is 5.92. The van der Waals surface area contributed by atoms with E-state index in [9.17, 15) is 14.7 Å². The fourth-order valence-corrected chi connectivity index (χ4v) is 6.61. The molecule has 2 bridgehead atoms. The van der Waals surface area contributed by atoms with E-state index in [1.54, 1.807) is 4.90 Å². The molecule has 208 valence electrons. The third kappa shape index (κ3) is 5.71. The second-order valence-corrected chi connectivity index (χ2v) is 12.4. The molecule has 3 aliphatic rings. The molecular formula is C30H34Cl2N2O5. The van der Waals surface area contributed by atoms with Gasteiger partial charge in [-0.2, -0.15) is 0 Å². The van der Waals surface area contributed by atoms with E-state index in [1.165, 1.54) is 0 Å². The maximum absolute atomic E-state index is 12.9. The summed E-state index contributed by atoms with van der Waals surface area (Å²) in [5.74, 6) is -1.22. The molecular weight excluding hydrogens is 539 g/mol. The Hall–Kier alpha value is -2.90. The van der Waals surface area contributed by atoms with Crippen molar-refractivity contribution in [1.29, 1.82) is 0 Å². The van der Waals surface area contributed by atoms with Crippen molar-refractivity contribution in [3.63, 3.8) is 0 Å². The number of aryl methyl sites for hydroxylation is 1. The third-order valence-electron chi connectivity index (χ3n) is 7.57. The Morgan fingerprint density at radius 2 is 1.69 bits per heavy atom. The topological polar surface area (TPSA) is 79.3 Å². The van der Waals surface area contributed by atoms with E-state index in [4.69, 9.17) is 32.7 Å². The van der Waals surface area contributed by atoms with E-state index in [0.29, 0.717) is 28.8 Å². The summed E-state index contributed by atoms with van der Waals surface area (Å²) in [6, 6.07) is 11.1. The number of fused-ring (bicyclic) bond motifs is 2. The molecule has 5 rings (SSSR count). The predicted octanol–water partition coefficient (Wildman–Crippen LogP) is 6.83. The van der Waals surface area contributed by atoms with E-state index in [0.717, 1.165) is 41.8 Å². The molecule has 0 spiro atoms. The van der Waals surface area contributed by atoms with E-state index < -0.39 is 29.6 Å². The highest BCUT2D eigenvalue weighted by atomic mass is 35.5. The summed E-state index contributed by atoms with van der Waals surface area (Å²) >= 11 is 12.7. The molecule has 2 aromatic rings. The molecule has 0 radical (unpaired) electrons. The number of aliphatic carboxylic acids is 1. The lowest BCUT2D eigenvalue weighted by molar-refractivity contribution is -0.141. The lowest BCUT2D eigenvalue weighted by atomic mass is 9.84. The summed E-state index contributed by atoms with van der Waals surface area (Å²) in [6.45, 7) is 8.89. The maximum Gasteiger partial charge on any atom is 0.411 e. The van der Waals surface area contributed by atoms with Gasteiger partial charge in [-0.25, -0.2) is 4.79 Å². The monoisotopic (exact) mass is 572 g/mol. The highest BCUT2D eigenvalue weighted by molar-refractivity contribution is 6.37. The molecule has 0 saturated carbocycles. The molecule has 3 heterocycles. The largest absolute Gasteiger partial charge is 0.485 e. The van der Waals surface area contributed by atoms with Gasteiger partial charge in [-0.15, -0.1) is 0 Å². The van der Waals surface area contributed by atoms with E-state index in [1.807, 2.05) is 70.2 Å². The average Bonchev–Trinajstić information content (AvgIpc) is 3.43. The first-order chi connectivity index (χ1) is 18.4. The number of carboxylic acids is 1. The third-order valence-corrected chi connectivity index (χ3v) is 8.13. The molecule has 1 N–H and O–H groups in total. The standard InChI is InChI=1S/C30H34Cl2N2O5/c1-17-13-23(31)27(24(32)14-17)38-21-11-12-33(16-21)19-7-5-18(6-8-19)22-15-20-9-10-25(26(22)28(35)36)34(20)29(37)39-30(2,3)4/h5-8,13-15,20-21,25-26H,9-12,16H2,1-4H3,(H,35,36)/t20-,21-,25+,26?/m1/s1. The number of ether oxygens (including phenoxy) is 2. The van der Waals surface area contributed by atoms with Gasteiger partial charge in [-0.3, -0.25) is 9.69 Å². The van der Waals surface area contributed by atoms with Crippen LogP contribution in [0.2, 0.25) is 10.0 Å². The normalized spacial score (nSPS) is 24.5. The van der Waals surface area contributed by atoms with Crippen molar-refractivity contribution in [2.75, 3.05) is 18.0 Å². The Balaban J connectivity index is 1.31. The van der Waals surface area contributed by atoms with Gasteiger partial charge in [0.25, 0.3) is 0 Å². The number of hydrogen-bond acceptors (Lipinski definition) is 5. The van der Waals surface area contributed by atoms with Gasteiger partial charge < -0.3 is 19.5 Å². The highest BCUT2D eigenvalue weighted by Gasteiger charge is 2.49. The van der Waals surface area contributed by atoms with Crippen LogP contribution >= 0.6 is 23.2 Å². The van der Waals surface area contributed by atoms with Gasteiger partial charge in [0.05, 0.1) is 28.7 Å². The fraction of sp³-hybridized carbons (Fsp3) is 0.467. The Bertz CT molecular complexity index is 1280. The van der Waals surface area contributed by atoms with Crippen molar-refractivity contribution in [3.05, 3.63) is 63.6 Å². The van der Waals surface area contributed by atoms with Gasteiger partial charge in [-0.05, 0) is 81.5 Å². The lowest BCUT2D eigenvalue weighted by Crippen LogP contribution is -2.50. The van der Waals surface area contributed by atoms with E-state index in [2.05, 4.69) is 4.90 Å². The van der Waals surface area contributed by atoms with Crippen LogP contribution in [0.5, 0.6) is 5.75 Å². The zero-order chi connectivity index (χ0) is 28.1. The van der Waals surface area contributed by atoms with Crippen LogP contribution in [-0.2, 0) is 9.53 Å². The zero-order valence-corrected chi connectivity index (χ0v) is 24.1. The number of anilines is 1. The molecule has 1 amide bonds. The number of carbonyl (C=O) groups is 2. The Kier molecular flexibility index (Phi) is 7.51. The van der Waals surface area contributed by atoms with Crippen molar-refractivity contribution < 1.29 is 24.2 Å². The second-order valence-electron chi connectivity index (χ2n) is 11.6. The molecule has 0 aliphatic carbocycles. The number of carbonyl (C=O) groups excluding carboxylic acids is 1. The first kappa shape index (κ1) is 27.7. The molecule has 2 fully saturated rings. The minimum atomic E-state index is -0.933. The number of benzene rings is 2. The van der Waals surface area contributed by atoms with Gasteiger partial charge in [0, 0.05) is 18.7 Å². The zero-order valence-electron chi connectivity index (χ0n) is 22.6. The van der Waals surface area contributed by atoms with Gasteiger partial charge in [-0.1, -0.05) is 41.4 Å². The maximum atomic E-state index is 12.9. The molecule has 0 aromatic heterocycles. The number of rotatable bonds is 5. The van der Waals surface area contributed by atoms with Crippen LogP contribution in [0.1, 0.15) is 51.2 Å². The molecule has 2 aromatic carbocycles. The van der Waals surface area contributed by atoms with Crippen LogP contribution in [0.25, 0.3) is 5.57 Å². The van der Waals surface area contributed by atoms with E-state index in [-0.39, 0.29) is 12.1 Å². The summed E-state index contributed by atoms with van der Waals surface area (Å²) in [5.41, 5.74) is 2.99. The van der Waals surface area contributed by atoms with Crippen LogP contribution < -0.4 is 9.64 Å². The van der Waals surface area contributed by atoms with Crippen molar-refractivity contribution in [2.45, 2.75) is 70.7 Å². The molecule has 39 heavy (non-hydrogen) atoms. The van der Waals surface area contributed by atoms with Crippen LogP contribution in [0, 0.1) is 12.8 Å². The van der Waals surface area contributed by atoms with Crippen molar-refractivity contribution in [1.82, 2.24) is 4.90 Å². The van der Waals surface area contributed by atoms with Crippen molar-refractivity contribution >= 4 is 46.5 Å². The number of amides is 1. The smallest absolute Gasteiger partial charge is 0.411 e. The second kappa shape index (κ2) is 10.6. The Labute approximate surface area is 239 Å². The summed E-state index contributed by atoms with van der Waals surface area (Å²) in [7, 11) is 0. The lowest BCUT2D eigenvalue weighted by Gasteiger charge is -2.38. The molecule has 2 saturated heterocycles. The summed E-state index contributed by atoms with van der Waals surface area (Å²) in [5, 5.41) is 11.2. The predicted molar refractivity (Wildman–Crippen MR) is 153 cm³/mol. The van der Waals surface area contributed by atoms with Crippen LogP contribution in [0.15, 0.2) is 42.5 Å². The SMILES string of the molecule is Cc1cc(Cl)c(O[C@@H]2CCN(c3ccc(C4=C[C@H]5CC[C@@H](C4C(=O)O)N5C(=O)OC(C)(C)C)cc3)C2)c(Cl)c1. The average molecular weight is 574 g/mol. The minimum Gasteiger partial charge on any atom is -0.485 e. The first-order valence-corrected chi connectivity index (χ1v) is 14.1. The Morgan fingerprint density at radius 3 is 2.31 bits per heavy atom. The number of nitrogens with zero attached hydrogens (tertiary/aromatic N) is 2. The van der Waals surface area contributed by atoms with Crippen molar-refractivity contribution in [3.8, 4) is 5.75 Å². The highest BCUT2D eigenvalue weighted by Crippen LogP contribution is 2.44. The molecule has 1 unspecified atom stereocenters. The quantitative estimate of drug-likeness (QED) is 0.423. The molecule has 3 aliphatic heterocycles. The van der Waals surface area contributed by atoms with Gasteiger partial charge in [0.1, 0.15) is 17.6 Å². The van der Waals surface area contributed by atoms with Crippen LogP contribution in [-0.4, -0.2) is 58.9 Å². The van der Waals surface area contributed by atoms with Gasteiger partial charge in [0.15, 0.2) is 5.75 Å². The minimum absolute atomic E-state index is 0.0470. The molecule has 9 heteroatoms. The number of halogens is 2. The van der Waals surface area contributed by atoms with Crippen molar-refractivity contribution in [2.24, 2.45) is 5.92 Å². The molecule has 4 atom stereocenters. The first-order valence-electron chi connectivity index (χ1n) is 13.3. The van der Waals surface area contributed by atoms with E-state index >= 15 is 0 Å². The van der Waals surface area contributed by atoms with Gasteiger partial charge in [0.2, 0.25) is 0 Å². The van der Waals surface area contributed by atoms with Gasteiger partial charge >= 0.3 is 12.1 Å². The summed E-state index contributed by atoms with van der Waals surface area (Å²) in [4.78, 5) is 29.2. The number of hydrogen-bond donors (Lipinski definition) is 1. The number of carboxylic acid groups (broad SMARTS) is 1.